The van der Waals surface area contributed by atoms with Gasteiger partial charge in [-0.15, -0.1) is 11.3 Å². The fourth-order valence-corrected chi connectivity index (χ4v) is 6.41. The van der Waals surface area contributed by atoms with Gasteiger partial charge in [0.15, 0.2) is 6.61 Å². The van der Waals surface area contributed by atoms with Crippen LogP contribution in [0, 0.1) is 10.8 Å². The van der Waals surface area contributed by atoms with Crippen LogP contribution < -0.4 is 0 Å². The van der Waals surface area contributed by atoms with Crippen molar-refractivity contribution in [1.82, 2.24) is 4.90 Å². The van der Waals surface area contributed by atoms with Crippen molar-refractivity contribution in [3.05, 3.63) is 19.2 Å². The number of fused-ring (bicyclic) bond motifs is 2. The number of ether oxygens (including phenoxy) is 1. The molecule has 0 radical (unpaired) electrons. The zero-order valence-corrected chi connectivity index (χ0v) is 18.0. The van der Waals surface area contributed by atoms with E-state index in [0.29, 0.717) is 4.88 Å². The molecule has 2 fully saturated rings. The minimum absolute atomic E-state index is 0.0792. The van der Waals surface area contributed by atoms with Crippen LogP contribution in [0.15, 0.2) is 14.3 Å². The maximum Gasteiger partial charge on any atom is 0.348 e. The molecule has 0 unspecified atom stereocenters. The largest absolute Gasteiger partial charge is 0.451 e. The molecular formula is C17H21Br2NO3S. The lowest BCUT2D eigenvalue weighted by Crippen LogP contribution is -2.39. The van der Waals surface area contributed by atoms with E-state index in [-0.39, 0.29) is 29.4 Å². The molecule has 4 nitrogen and oxygen atoms in total. The van der Waals surface area contributed by atoms with E-state index in [1.165, 1.54) is 11.3 Å². The molecule has 1 aliphatic heterocycles. The monoisotopic (exact) mass is 477 g/mol. The summed E-state index contributed by atoms with van der Waals surface area (Å²) in [6, 6.07) is 1.98. The Balaban J connectivity index is 1.61. The van der Waals surface area contributed by atoms with Crippen molar-refractivity contribution in [2.75, 3.05) is 13.2 Å². The highest BCUT2D eigenvalue weighted by Crippen LogP contribution is 2.52. The van der Waals surface area contributed by atoms with Crippen LogP contribution in [-0.4, -0.2) is 36.0 Å². The number of hydrogen-bond donors (Lipinski definition) is 0. The van der Waals surface area contributed by atoms with Gasteiger partial charge in [-0.25, -0.2) is 4.79 Å². The molecule has 0 N–H and O–H groups in total. The van der Waals surface area contributed by atoms with Crippen molar-refractivity contribution < 1.29 is 14.3 Å². The molecule has 2 aliphatic rings. The zero-order valence-electron chi connectivity index (χ0n) is 14.0. The highest BCUT2D eigenvalue weighted by Gasteiger charge is 2.50. The van der Waals surface area contributed by atoms with Crippen molar-refractivity contribution in [3.8, 4) is 0 Å². The number of nitrogens with zero attached hydrogens (tertiary/aromatic N) is 1. The van der Waals surface area contributed by atoms with Crippen LogP contribution in [0.2, 0.25) is 0 Å². The Kier molecular flexibility index (Phi) is 4.90. The van der Waals surface area contributed by atoms with Crippen molar-refractivity contribution in [2.24, 2.45) is 10.8 Å². The fourth-order valence-electron chi connectivity index (χ4n) is 4.48. The average Bonchev–Trinajstić information content (AvgIpc) is 2.92. The smallest absolute Gasteiger partial charge is 0.348 e. The molecule has 1 saturated carbocycles. The Morgan fingerprint density at radius 3 is 2.67 bits per heavy atom. The summed E-state index contributed by atoms with van der Waals surface area (Å²) in [5.74, 6) is -0.530. The van der Waals surface area contributed by atoms with Gasteiger partial charge in [-0.05, 0) is 68.0 Å². The lowest BCUT2D eigenvalue weighted by Gasteiger charge is -2.39. The number of carbonyl (C=O) groups excluding carboxylic acids is 2. The minimum Gasteiger partial charge on any atom is -0.451 e. The second kappa shape index (κ2) is 6.40. The SMILES string of the molecule is CC1(C)C[C@@H]2C[C@](C)(CN2C(=O)COC(=O)c2cc(Br)c(Br)s2)C1. The van der Waals surface area contributed by atoms with Crippen LogP contribution in [0.3, 0.4) is 0 Å². The third-order valence-electron chi connectivity index (χ3n) is 4.91. The first-order valence-corrected chi connectivity index (χ1v) is 10.4. The quantitative estimate of drug-likeness (QED) is 0.583. The van der Waals surface area contributed by atoms with Gasteiger partial charge in [0.2, 0.25) is 0 Å². The van der Waals surface area contributed by atoms with E-state index >= 15 is 0 Å². The first-order chi connectivity index (χ1) is 11.1. The van der Waals surface area contributed by atoms with Crippen LogP contribution in [0.4, 0.5) is 0 Å². The Labute approximate surface area is 163 Å². The highest BCUT2D eigenvalue weighted by molar-refractivity contribution is 9.13. The van der Waals surface area contributed by atoms with Crippen LogP contribution in [0.1, 0.15) is 49.7 Å². The number of halogens is 2. The standard InChI is InChI=1S/C17H21Br2NO3S/c1-16(2)5-10-6-17(3,8-16)9-20(10)13(21)7-23-15(22)12-4-11(18)14(19)24-12/h4,10H,5-9H2,1-3H3/t10-,17+/m1/s1. The molecule has 7 heteroatoms. The number of hydrogen-bond acceptors (Lipinski definition) is 4. The Hall–Kier alpha value is -0.400. The molecule has 1 amide bonds. The van der Waals surface area contributed by atoms with Gasteiger partial charge in [0.05, 0.1) is 3.79 Å². The Morgan fingerprint density at radius 1 is 1.33 bits per heavy atom. The second-order valence-corrected chi connectivity index (χ2v) is 11.3. The second-order valence-electron chi connectivity index (χ2n) is 8.04. The van der Waals surface area contributed by atoms with Crippen LogP contribution in [0.5, 0.6) is 0 Å². The molecule has 3 rings (SSSR count). The van der Waals surface area contributed by atoms with Gasteiger partial charge in [0, 0.05) is 17.1 Å². The van der Waals surface area contributed by atoms with E-state index in [9.17, 15) is 9.59 Å². The molecule has 0 spiro atoms. The number of likely N-dealkylation sites (tertiary alicyclic amines) is 1. The van der Waals surface area contributed by atoms with Crippen molar-refractivity contribution in [2.45, 2.75) is 46.1 Å². The number of amides is 1. The van der Waals surface area contributed by atoms with Crippen LogP contribution in [-0.2, 0) is 9.53 Å². The molecule has 1 aromatic rings. The minimum atomic E-state index is -0.450. The number of carbonyl (C=O) groups is 2. The van der Waals surface area contributed by atoms with Crippen LogP contribution in [0.25, 0.3) is 0 Å². The van der Waals surface area contributed by atoms with Crippen molar-refractivity contribution >= 4 is 55.1 Å². The zero-order chi connectivity index (χ0) is 17.7. The van der Waals surface area contributed by atoms with E-state index in [1.807, 2.05) is 4.90 Å². The summed E-state index contributed by atoms with van der Waals surface area (Å²) in [6.45, 7) is 7.41. The molecule has 2 bridgehead atoms. The van der Waals surface area contributed by atoms with Gasteiger partial charge in [0.25, 0.3) is 5.91 Å². The molecule has 0 aromatic carbocycles. The molecule has 1 saturated heterocycles. The summed E-state index contributed by atoms with van der Waals surface area (Å²) in [5.41, 5.74) is 0.453. The summed E-state index contributed by atoms with van der Waals surface area (Å²) >= 11 is 7.99. The molecule has 24 heavy (non-hydrogen) atoms. The van der Waals surface area contributed by atoms with Gasteiger partial charge in [-0.1, -0.05) is 20.8 Å². The van der Waals surface area contributed by atoms with E-state index in [2.05, 4.69) is 52.6 Å². The number of esters is 1. The first-order valence-electron chi connectivity index (χ1n) is 8.00. The van der Waals surface area contributed by atoms with Gasteiger partial charge in [-0.2, -0.15) is 0 Å². The number of rotatable bonds is 3. The molecule has 1 aromatic heterocycles. The lowest BCUT2D eigenvalue weighted by atomic mass is 9.65. The van der Waals surface area contributed by atoms with Gasteiger partial charge < -0.3 is 9.64 Å². The van der Waals surface area contributed by atoms with E-state index in [4.69, 9.17) is 4.74 Å². The summed E-state index contributed by atoms with van der Waals surface area (Å²) in [7, 11) is 0. The Bertz CT molecular complexity index is 668. The summed E-state index contributed by atoms with van der Waals surface area (Å²) in [5, 5.41) is 0. The highest BCUT2D eigenvalue weighted by atomic mass is 79.9. The molecular weight excluding hydrogens is 458 g/mol. The maximum atomic E-state index is 12.6. The summed E-state index contributed by atoms with van der Waals surface area (Å²) in [4.78, 5) is 27.1. The third-order valence-corrected chi connectivity index (χ3v) is 8.14. The molecule has 1 aliphatic carbocycles. The lowest BCUT2D eigenvalue weighted by molar-refractivity contribution is -0.135. The summed E-state index contributed by atoms with van der Waals surface area (Å²) < 4.78 is 6.89. The molecule has 2 atom stereocenters. The van der Waals surface area contributed by atoms with E-state index < -0.39 is 5.97 Å². The normalized spacial score (nSPS) is 28.0. The van der Waals surface area contributed by atoms with E-state index in [0.717, 1.165) is 34.1 Å². The maximum absolute atomic E-state index is 12.6. The molecule has 2 heterocycles. The van der Waals surface area contributed by atoms with Crippen molar-refractivity contribution in [1.29, 1.82) is 0 Å². The topological polar surface area (TPSA) is 46.6 Å². The van der Waals surface area contributed by atoms with Gasteiger partial charge in [0.1, 0.15) is 4.88 Å². The van der Waals surface area contributed by atoms with Gasteiger partial charge >= 0.3 is 5.97 Å². The third kappa shape index (κ3) is 3.73. The first kappa shape index (κ1) is 18.4. The van der Waals surface area contributed by atoms with E-state index in [1.54, 1.807) is 6.07 Å². The fraction of sp³-hybridized carbons (Fsp3) is 0.647. The van der Waals surface area contributed by atoms with Crippen LogP contribution >= 0.6 is 43.2 Å². The predicted molar refractivity (Wildman–Crippen MR) is 101 cm³/mol. The van der Waals surface area contributed by atoms with Gasteiger partial charge in [-0.3, -0.25) is 4.79 Å². The average molecular weight is 479 g/mol. The number of thiophene rings is 1. The predicted octanol–water partition coefficient (Wildman–Crippen LogP) is 4.86. The summed E-state index contributed by atoms with van der Waals surface area (Å²) in [6.07, 6.45) is 3.21. The molecule has 132 valence electrons. The van der Waals surface area contributed by atoms with Crippen molar-refractivity contribution in [3.63, 3.8) is 0 Å². The Morgan fingerprint density at radius 2 is 2.04 bits per heavy atom.